The molecular weight excluding hydrogens is 268 g/mol. The standard InChI is InChI=1S/C17H18O2S/c18-10-4-1-5-11-20-13-17(19)16-9-8-14-6-2-3-7-15(14)12-16/h2-3,6-10,12H,1,4-5,11,13H2. The highest BCUT2D eigenvalue weighted by molar-refractivity contribution is 7.99. The zero-order valence-corrected chi connectivity index (χ0v) is 12.2. The highest BCUT2D eigenvalue weighted by Gasteiger charge is 2.06. The third-order valence-electron chi connectivity index (χ3n) is 3.17. The number of carbonyl (C=O) groups is 2. The van der Waals surface area contributed by atoms with Gasteiger partial charge in [0.1, 0.15) is 6.29 Å². The molecule has 2 aromatic carbocycles. The maximum absolute atomic E-state index is 12.1. The van der Waals surface area contributed by atoms with Gasteiger partial charge in [0.2, 0.25) is 0 Å². The summed E-state index contributed by atoms with van der Waals surface area (Å²) < 4.78 is 0. The Kier molecular flexibility index (Phi) is 5.81. The van der Waals surface area contributed by atoms with E-state index in [1.54, 1.807) is 11.8 Å². The third-order valence-corrected chi connectivity index (χ3v) is 4.21. The minimum Gasteiger partial charge on any atom is -0.303 e. The molecule has 0 radical (unpaired) electrons. The largest absolute Gasteiger partial charge is 0.303 e. The molecule has 2 aromatic rings. The summed E-state index contributed by atoms with van der Waals surface area (Å²) in [7, 11) is 0. The molecule has 0 aliphatic rings. The number of rotatable bonds is 8. The van der Waals surface area contributed by atoms with E-state index in [1.165, 1.54) is 0 Å². The molecule has 0 atom stereocenters. The first-order chi connectivity index (χ1) is 9.81. The van der Waals surface area contributed by atoms with E-state index in [0.29, 0.717) is 12.2 Å². The van der Waals surface area contributed by atoms with E-state index in [2.05, 4.69) is 0 Å². The lowest BCUT2D eigenvalue weighted by Crippen LogP contribution is -2.03. The molecule has 2 rings (SSSR count). The molecule has 20 heavy (non-hydrogen) atoms. The highest BCUT2D eigenvalue weighted by Crippen LogP contribution is 2.17. The van der Waals surface area contributed by atoms with Crippen LogP contribution in [0.2, 0.25) is 0 Å². The van der Waals surface area contributed by atoms with Crippen LogP contribution in [0.3, 0.4) is 0 Å². The van der Waals surface area contributed by atoms with Crippen LogP contribution in [0.15, 0.2) is 42.5 Å². The first-order valence-corrected chi connectivity index (χ1v) is 8.00. The number of unbranched alkanes of at least 4 members (excludes halogenated alkanes) is 2. The molecule has 0 saturated heterocycles. The van der Waals surface area contributed by atoms with Crippen LogP contribution in [0.25, 0.3) is 10.8 Å². The summed E-state index contributed by atoms with van der Waals surface area (Å²) in [6.07, 6.45) is 3.49. The maximum Gasteiger partial charge on any atom is 0.172 e. The van der Waals surface area contributed by atoms with Crippen molar-refractivity contribution < 1.29 is 9.59 Å². The first kappa shape index (κ1) is 14.8. The van der Waals surface area contributed by atoms with Crippen LogP contribution in [0, 0.1) is 0 Å². The van der Waals surface area contributed by atoms with E-state index >= 15 is 0 Å². The van der Waals surface area contributed by atoms with Crippen molar-refractivity contribution in [3.8, 4) is 0 Å². The van der Waals surface area contributed by atoms with Gasteiger partial charge in [-0.2, -0.15) is 11.8 Å². The van der Waals surface area contributed by atoms with Gasteiger partial charge in [-0.25, -0.2) is 0 Å². The van der Waals surface area contributed by atoms with Crippen LogP contribution in [0.4, 0.5) is 0 Å². The Bertz CT molecular complexity index is 592. The Balaban J connectivity index is 1.86. The second-order valence-corrected chi connectivity index (χ2v) is 5.81. The molecule has 104 valence electrons. The summed E-state index contributed by atoms with van der Waals surface area (Å²) in [6, 6.07) is 13.9. The molecular formula is C17H18O2S. The van der Waals surface area contributed by atoms with Gasteiger partial charge in [0.15, 0.2) is 5.78 Å². The highest BCUT2D eigenvalue weighted by atomic mass is 32.2. The molecule has 0 amide bonds. The molecule has 0 aliphatic carbocycles. The Morgan fingerprint density at radius 2 is 1.85 bits per heavy atom. The van der Waals surface area contributed by atoms with Crippen molar-refractivity contribution in [2.24, 2.45) is 0 Å². The SMILES string of the molecule is O=CCCCCSCC(=O)c1ccc2ccccc2c1. The fraction of sp³-hybridized carbons (Fsp3) is 0.294. The summed E-state index contributed by atoms with van der Waals surface area (Å²) >= 11 is 1.65. The number of hydrogen-bond acceptors (Lipinski definition) is 3. The smallest absolute Gasteiger partial charge is 0.172 e. The lowest BCUT2D eigenvalue weighted by Gasteiger charge is -2.03. The van der Waals surface area contributed by atoms with Gasteiger partial charge < -0.3 is 4.79 Å². The van der Waals surface area contributed by atoms with Crippen LogP contribution in [0.1, 0.15) is 29.6 Å². The Labute approximate surface area is 123 Å². The van der Waals surface area contributed by atoms with Crippen molar-refractivity contribution in [1.82, 2.24) is 0 Å². The zero-order chi connectivity index (χ0) is 14.2. The van der Waals surface area contributed by atoms with Crippen molar-refractivity contribution >= 4 is 34.6 Å². The van der Waals surface area contributed by atoms with Crippen molar-refractivity contribution in [3.63, 3.8) is 0 Å². The normalized spacial score (nSPS) is 10.6. The predicted molar refractivity (Wildman–Crippen MR) is 85.5 cm³/mol. The number of ketones is 1. The van der Waals surface area contributed by atoms with Crippen molar-refractivity contribution in [2.45, 2.75) is 19.3 Å². The van der Waals surface area contributed by atoms with E-state index < -0.39 is 0 Å². The summed E-state index contributed by atoms with van der Waals surface area (Å²) in [5, 5.41) is 2.26. The van der Waals surface area contributed by atoms with Crippen LogP contribution < -0.4 is 0 Å². The third kappa shape index (κ3) is 4.20. The fourth-order valence-electron chi connectivity index (χ4n) is 2.04. The molecule has 0 fully saturated rings. The molecule has 0 aromatic heterocycles. The topological polar surface area (TPSA) is 34.1 Å². The molecule has 3 heteroatoms. The molecule has 0 heterocycles. The van der Waals surface area contributed by atoms with Gasteiger partial charge in [-0.1, -0.05) is 36.4 Å². The van der Waals surface area contributed by atoms with E-state index in [9.17, 15) is 9.59 Å². The Morgan fingerprint density at radius 1 is 1.05 bits per heavy atom. The predicted octanol–water partition coefficient (Wildman–Crippen LogP) is 4.12. The van der Waals surface area contributed by atoms with E-state index in [4.69, 9.17) is 0 Å². The minimum absolute atomic E-state index is 0.177. The number of hydrogen-bond donors (Lipinski definition) is 0. The zero-order valence-electron chi connectivity index (χ0n) is 11.4. The van der Waals surface area contributed by atoms with Crippen LogP contribution in [-0.2, 0) is 4.79 Å². The molecule has 0 saturated carbocycles. The van der Waals surface area contributed by atoms with Crippen molar-refractivity contribution in [2.75, 3.05) is 11.5 Å². The van der Waals surface area contributed by atoms with Crippen molar-refractivity contribution in [1.29, 1.82) is 0 Å². The Hall–Kier alpha value is -1.61. The number of benzene rings is 2. The van der Waals surface area contributed by atoms with Crippen LogP contribution >= 0.6 is 11.8 Å². The minimum atomic E-state index is 0.177. The first-order valence-electron chi connectivity index (χ1n) is 6.84. The molecule has 0 spiro atoms. The second kappa shape index (κ2) is 7.85. The van der Waals surface area contributed by atoms with Gasteiger partial charge in [-0.3, -0.25) is 4.79 Å². The summed E-state index contributed by atoms with van der Waals surface area (Å²) in [6.45, 7) is 0. The molecule has 0 bridgehead atoms. The number of aldehydes is 1. The van der Waals surface area contributed by atoms with Gasteiger partial charge in [0.05, 0.1) is 5.75 Å². The summed E-state index contributed by atoms with van der Waals surface area (Å²) in [4.78, 5) is 22.3. The van der Waals surface area contributed by atoms with Gasteiger partial charge in [0.25, 0.3) is 0 Å². The molecule has 0 N–H and O–H groups in total. The number of carbonyl (C=O) groups excluding carboxylic acids is 2. The van der Waals surface area contributed by atoms with Crippen molar-refractivity contribution in [3.05, 3.63) is 48.0 Å². The number of thioether (sulfide) groups is 1. The van der Waals surface area contributed by atoms with Gasteiger partial charge in [-0.05, 0) is 35.4 Å². The van der Waals surface area contributed by atoms with E-state index in [0.717, 1.165) is 41.2 Å². The monoisotopic (exact) mass is 286 g/mol. The summed E-state index contributed by atoms with van der Waals surface area (Å²) in [5.41, 5.74) is 0.782. The van der Waals surface area contributed by atoms with Crippen LogP contribution in [-0.4, -0.2) is 23.6 Å². The average Bonchev–Trinajstić information content (AvgIpc) is 2.50. The fourth-order valence-corrected chi connectivity index (χ4v) is 2.95. The average molecular weight is 286 g/mol. The van der Waals surface area contributed by atoms with E-state index in [1.807, 2.05) is 42.5 Å². The quantitative estimate of drug-likeness (QED) is 0.416. The lowest BCUT2D eigenvalue weighted by molar-refractivity contribution is -0.107. The van der Waals surface area contributed by atoms with Gasteiger partial charge in [0, 0.05) is 12.0 Å². The molecule has 2 nitrogen and oxygen atoms in total. The lowest BCUT2D eigenvalue weighted by atomic mass is 10.1. The molecule has 0 aliphatic heterocycles. The number of Topliss-reactive ketones (excluding diaryl/α,β-unsaturated/α-hetero) is 1. The van der Waals surface area contributed by atoms with Gasteiger partial charge in [-0.15, -0.1) is 0 Å². The van der Waals surface area contributed by atoms with E-state index in [-0.39, 0.29) is 5.78 Å². The maximum atomic E-state index is 12.1. The Morgan fingerprint density at radius 3 is 2.65 bits per heavy atom. The molecule has 0 unspecified atom stereocenters. The summed E-state index contributed by atoms with van der Waals surface area (Å²) in [5.74, 6) is 1.63. The number of fused-ring (bicyclic) bond motifs is 1. The second-order valence-electron chi connectivity index (χ2n) is 4.70. The van der Waals surface area contributed by atoms with Crippen LogP contribution in [0.5, 0.6) is 0 Å². The van der Waals surface area contributed by atoms with Gasteiger partial charge >= 0.3 is 0 Å².